The Hall–Kier alpha value is -5.20. The summed E-state index contributed by atoms with van der Waals surface area (Å²) in [5.41, 5.74) is 3.58. The average Bonchev–Trinajstić information content (AvgIpc) is 3.58. The minimum absolute atomic E-state index is 0.0567. The first-order valence-electron chi connectivity index (χ1n) is 12.9. The standard InChI is InChI=1S/C27H29N9O4/c37-22(38)14-21(35-27(39)40-15-18-8-2-1-3-9-18)36-17-32-23-24(30-16-31-25(23)36)28-12-6-7-13-29-26-33-19-10-4-5-11-20(19)34-26/h1-5,8-11,16-17,21H,6-7,12-15H2,(H,35,39)(H,37,38)(H,28,30,31)(H2,29,33,34). The lowest BCUT2D eigenvalue weighted by atomic mass is 10.2. The topological polar surface area (TPSA) is 172 Å². The highest BCUT2D eigenvalue weighted by Gasteiger charge is 2.22. The Morgan fingerprint density at radius 3 is 2.55 bits per heavy atom. The number of imidazole rings is 2. The number of amides is 1. The lowest BCUT2D eigenvalue weighted by molar-refractivity contribution is -0.138. The van der Waals surface area contributed by atoms with E-state index in [1.807, 2.05) is 54.6 Å². The summed E-state index contributed by atoms with van der Waals surface area (Å²) in [5.74, 6) is 0.166. The van der Waals surface area contributed by atoms with Crippen molar-refractivity contribution in [3.05, 3.63) is 72.8 Å². The molecule has 0 bridgehead atoms. The Morgan fingerprint density at radius 1 is 0.975 bits per heavy atom. The number of H-pyrrole nitrogens is 1. The summed E-state index contributed by atoms with van der Waals surface area (Å²) in [4.78, 5) is 44.7. The van der Waals surface area contributed by atoms with E-state index in [4.69, 9.17) is 4.74 Å². The number of nitrogens with one attached hydrogen (secondary N) is 4. The molecule has 0 aliphatic heterocycles. The van der Waals surface area contributed by atoms with Crippen molar-refractivity contribution >= 4 is 46.0 Å². The largest absolute Gasteiger partial charge is 0.481 e. The highest BCUT2D eigenvalue weighted by atomic mass is 16.5. The maximum Gasteiger partial charge on any atom is 0.409 e. The summed E-state index contributed by atoms with van der Waals surface area (Å²) in [5, 5.41) is 18.6. The van der Waals surface area contributed by atoms with Crippen LogP contribution in [0.25, 0.3) is 22.2 Å². The number of aromatic amines is 1. The fourth-order valence-electron chi connectivity index (χ4n) is 4.19. The third-order valence-corrected chi connectivity index (χ3v) is 6.14. The first-order chi connectivity index (χ1) is 19.6. The Morgan fingerprint density at radius 2 is 1.75 bits per heavy atom. The van der Waals surface area contributed by atoms with E-state index in [0.717, 1.165) is 41.9 Å². The van der Waals surface area contributed by atoms with Crippen molar-refractivity contribution in [2.75, 3.05) is 23.7 Å². The van der Waals surface area contributed by atoms with Gasteiger partial charge in [0.1, 0.15) is 24.6 Å². The molecular formula is C27H29N9O4. The maximum absolute atomic E-state index is 12.5. The SMILES string of the molecule is O=C(O)CC(NC(=O)OCc1ccccc1)n1cnc2c(NCCCCNc3nc4ccccc4[nH]3)ncnc21. The van der Waals surface area contributed by atoms with Crippen LogP contribution in [0.4, 0.5) is 16.6 Å². The van der Waals surface area contributed by atoms with Gasteiger partial charge in [0, 0.05) is 13.1 Å². The highest BCUT2D eigenvalue weighted by Crippen LogP contribution is 2.22. The summed E-state index contributed by atoms with van der Waals surface area (Å²) in [6.07, 6.45) is 2.46. The molecule has 40 heavy (non-hydrogen) atoms. The van der Waals surface area contributed by atoms with Crippen LogP contribution in [0.5, 0.6) is 0 Å². The number of carbonyl (C=O) groups excluding carboxylic acids is 1. The molecule has 0 saturated heterocycles. The molecule has 3 heterocycles. The second-order valence-corrected chi connectivity index (χ2v) is 9.03. The van der Waals surface area contributed by atoms with E-state index in [9.17, 15) is 14.7 Å². The van der Waals surface area contributed by atoms with Crippen molar-refractivity contribution in [2.24, 2.45) is 0 Å². The van der Waals surface area contributed by atoms with Gasteiger partial charge < -0.3 is 30.8 Å². The number of anilines is 2. The second kappa shape index (κ2) is 12.6. The van der Waals surface area contributed by atoms with Gasteiger partial charge in [-0.25, -0.2) is 24.7 Å². The molecule has 1 atom stereocenters. The van der Waals surface area contributed by atoms with Gasteiger partial charge in [-0.3, -0.25) is 9.36 Å². The predicted molar refractivity (Wildman–Crippen MR) is 149 cm³/mol. The molecule has 0 fully saturated rings. The highest BCUT2D eigenvalue weighted by molar-refractivity contribution is 5.83. The van der Waals surface area contributed by atoms with Crippen LogP contribution in [0.15, 0.2) is 67.3 Å². The maximum atomic E-state index is 12.5. The fraction of sp³-hybridized carbons (Fsp3) is 0.259. The number of hydrogen-bond donors (Lipinski definition) is 5. The molecule has 13 nitrogen and oxygen atoms in total. The molecule has 0 spiro atoms. The van der Waals surface area contributed by atoms with Crippen LogP contribution >= 0.6 is 0 Å². The molecule has 5 aromatic rings. The Balaban J connectivity index is 1.16. The van der Waals surface area contributed by atoms with Gasteiger partial charge in [0.25, 0.3) is 0 Å². The second-order valence-electron chi connectivity index (χ2n) is 9.03. The normalized spacial score (nSPS) is 11.8. The number of rotatable bonds is 13. The number of fused-ring (bicyclic) bond motifs is 2. The lowest BCUT2D eigenvalue weighted by Gasteiger charge is -2.18. The average molecular weight is 544 g/mol. The van der Waals surface area contributed by atoms with Crippen LogP contribution in [-0.2, 0) is 16.1 Å². The van der Waals surface area contributed by atoms with Crippen molar-refractivity contribution in [2.45, 2.75) is 32.0 Å². The van der Waals surface area contributed by atoms with E-state index in [1.54, 1.807) is 0 Å². The number of unbranched alkanes of at least 4 members (excludes halogenated alkanes) is 1. The van der Waals surface area contributed by atoms with Crippen molar-refractivity contribution in [1.82, 2.24) is 34.8 Å². The van der Waals surface area contributed by atoms with Gasteiger partial charge in [-0.05, 0) is 30.5 Å². The number of alkyl carbamates (subject to hydrolysis) is 1. The van der Waals surface area contributed by atoms with Crippen molar-refractivity contribution in [3.63, 3.8) is 0 Å². The number of carbonyl (C=O) groups is 2. The number of para-hydroxylation sites is 2. The number of benzene rings is 2. The smallest absolute Gasteiger partial charge is 0.409 e. The van der Waals surface area contributed by atoms with E-state index in [2.05, 4.69) is 40.9 Å². The molecule has 0 aliphatic carbocycles. The van der Waals surface area contributed by atoms with Gasteiger partial charge in [-0.2, -0.15) is 0 Å². The van der Waals surface area contributed by atoms with Gasteiger partial charge in [0.2, 0.25) is 5.95 Å². The van der Waals surface area contributed by atoms with Crippen molar-refractivity contribution < 1.29 is 19.4 Å². The molecule has 0 aliphatic rings. The third kappa shape index (κ3) is 6.62. The van der Waals surface area contributed by atoms with Crippen LogP contribution < -0.4 is 16.0 Å². The van der Waals surface area contributed by atoms with Crippen LogP contribution in [0.3, 0.4) is 0 Å². The van der Waals surface area contributed by atoms with Crippen molar-refractivity contribution in [3.8, 4) is 0 Å². The molecule has 3 aromatic heterocycles. The van der Waals surface area contributed by atoms with Crippen LogP contribution in [-0.4, -0.2) is 59.7 Å². The van der Waals surface area contributed by atoms with E-state index < -0.39 is 24.6 Å². The van der Waals surface area contributed by atoms with Gasteiger partial charge in [0.05, 0.1) is 23.8 Å². The van der Waals surface area contributed by atoms with Gasteiger partial charge in [-0.1, -0.05) is 42.5 Å². The van der Waals surface area contributed by atoms with E-state index in [-0.39, 0.29) is 6.61 Å². The molecule has 5 N–H and O–H groups in total. The van der Waals surface area contributed by atoms with Crippen LogP contribution in [0, 0.1) is 0 Å². The first kappa shape index (κ1) is 26.4. The number of carboxylic acid groups (broad SMARTS) is 1. The fourth-order valence-corrected chi connectivity index (χ4v) is 4.19. The monoisotopic (exact) mass is 543 g/mol. The molecule has 5 rings (SSSR count). The molecule has 0 radical (unpaired) electrons. The molecule has 206 valence electrons. The summed E-state index contributed by atoms with van der Waals surface area (Å²) in [6.45, 7) is 1.45. The van der Waals surface area contributed by atoms with Gasteiger partial charge >= 0.3 is 12.1 Å². The quantitative estimate of drug-likeness (QED) is 0.137. The van der Waals surface area contributed by atoms with E-state index in [0.29, 0.717) is 23.5 Å². The molecule has 1 unspecified atom stereocenters. The first-order valence-corrected chi connectivity index (χ1v) is 12.9. The summed E-state index contributed by atoms with van der Waals surface area (Å²) < 4.78 is 6.77. The molecule has 13 heteroatoms. The Bertz CT molecular complexity index is 1550. The zero-order valence-electron chi connectivity index (χ0n) is 21.6. The molecule has 1 amide bonds. The molecular weight excluding hydrogens is 514 g/mol. The summed E-state index contributed by atoms with van der Waals surface area (Å²) in [7, 11) is 0. The minimum Gasteiger partial charge on any atom is -0.481 e. The lowest BCUT2D eigenvalue weighted by Crippen LogP contribution is -2.34. The Kier molecular flexibility index (Phi) is 8.29. The van der Waals surface area contributed by atoms with E-state index in [1.165, 1.54) is 17.2 Å². The number of carboxylic acids is 1. The van der Waals surface area contributed by atoms with Gasteiger partial charge in [0.15, 0.2) is 11.5 Å². The molecule has 2 aromatic carbocycles. The van der Waals surface area contributed by atoms with E-state index >= 15 is 0 Å². The minimum atomic E-state index is -1.10. The molecule has 0 saturated carbocycles. The number of ether oxygens (including phenoxy) is 1. The number of aliphatic carboxylic acids is 1. The number of nitrogens with zero attached hydrogens (tertiary/aromatic N) is 5. The van der Waals surface area contributed by atoms with Crippen LogP contribution in [0.2, 0.25) is 0 Å². The predicted octanol–water partition coefficient (Wildman–Crippen LogP) is 3.91. The Labute approximate surface area is 229 Å². The summed E-state index contributed by atoms with van der Waals surface area (Å²) in [6, 6.07) is 17.1. The zero-order valence-corrected chi connectivity index (χ0v) is 21.6. The van der Waals surface area contributed by atoms with Gasteiger partial charge in [-0.15, -0.1) is 0 Å². The number of hydrogen-bond acceptors (Lipinski definition) is 9. The third-order valence-electron chi connectivity index (χ3n) is 6.14. The van der Waals surface area contributed by atoms with Crippen LogP contribution in [0.1, 0.15) is 31.0 Å². The van der Waals surface area contributed by atoms with Crippen molar-refractivity contribution in [1.29, 1.82) is 0 Å². The zero-order chi connectivity index (χ0) is 27.7. The number of aromatic nitrogens is 6. The summed E-state index contributed by atoms with van der Waals surface area (Å²) >= 11 is 0.